The molecule has 0 radical (unpaired) electrons. The lowest BCUT2D eigenvalue weighted by atomic mass is 10.00. The van der Waals surface area contributed by atoms with Crippen LogP contribution < -0.4 is 4.74 Å². The fourth-order valence-corrected chi connectivity index (χ4v) is 1.79. The van der Waals surface area contributed by atoms with Gasteiger partial charge in [0.25, 0.3) is 0 Å². The van der Waals surface area contributed by atoms with Crippen LogP contribution in [0.2, 0.25) is 0 Å². The fourth-order valence-electron chi connectivity index (χ4n) is 1.79. The SMILES string of the molecule is C=CC(=O)Oc1ccc(C(=O)C(O)c2ccccc2)cc1. The lowest BCUT2D eigenvalue weighted by molar-refractivity contribution is -0.128. The minimum Gasteiger partial charge on any atom is -0.423 e. The number of hydrogen-bond acceptors (Lipinski definition) is 4. The molecule has 1 N–H and O–H groups in total. The van der Waals surface area contributed by atoms with Gasteiger partial charge in [0.1, 0.15) is 11.9 Å². The quantitative estimate of drug-likeness (QED) is 0.396. The molecule has 0 saturated heterocycles. The number of rotatable bonds is 5. The number of carbonyl (C=O) groups is 2. The van der Waals surface area contributed by atoms with E-state index in [1.54, 1.807) is 24.3 Å². The molecule has 1 atom stereocenters. The summed E-state index contributed by atoms with van der Waals surface area (Å²) in [4.78, 5) is 23.2. The van der Waals surface area contributed by atoms with Crippen LogP contribution in [0.1, 0.15) is 22.0 Å². The maximum absolute atomic E-state index is 12.2. The number of benzene rings is 2. The summed E-state index contributed by atoms with van der Waals surface area (Å²) in [6.07, 6.45) is -0.161. The maximum Gasteiger partial charge on any atom is 0.335 e. The molecule has 21 heavy (non-hydrogen) atoms. The van der Waals surface area contributed by atoms with E-state index < -0.39 is 17.9 Å². The van der Waals surface area contributed by atoms with E-state index in [0.717, 1.165) is 6.08 Å². The topological polar surface area (TPSA) is 63.6 Å². The first-order valence-corrected chi connectivity index (χ1v) is 6.33. The van der Waals surface area contributed by atoms with Crippen molar-refractivity contribution >= 4 is 11.8 Å². The molecular formula is C17H14O4. The van der Waals surface area contributed by atoms with E-state index in [-0.39, 0.29) is 0 Å². The summed E-state index contributed by atoms with van der Waals surface area (Å²) in [6, 6.07) is 14.7. The van der Waals surface area contributed by atoms with Crippen LogP contribution in [0.25, 0.3) is 0 Å². The van der Waals surface area contributed by atoms with Crippen molar-refractivity contribution in [1.29, 1.82) is 0 Å². The van der Waals surface area contributed by atoms with Crippen molar-refractivity contribution in [3.8, 4) is 5.75 Å². The van der Waals surface area contributed by atoms with Crippen molar-refractivity contribution in [1.82, 2.24) is 0 Å². The summed E-state index contributed by atoms with van der Waals surface area (Å²) in [5.41, 5.74) is 0.870. The predicted octanol–water partition coefficient (Wildman–Crippen LogP) is 2.69. The van der Waals surface area contributed by atoms with Gasteiger partial charge in [-0.05, 0) is 29.8 Å². The molecule has 2 rings (SSSR count). The van der Waals surface area contributed by atoms with Crippen LogP contribution in [-0.4, -0.2) is 16.9 Å². The Kier molecular flexibility index (Phi) is 4.64. The number of carbonyl (C=O) groups excluding carboxylic acids is 2. The van der Waals surface area contributed by atoms with E-state index >= 15 is 0 Å². The molecule has 2 aromatic carbocycles. The van der Waals surface area contributed by atoms with Gasteiger partial charge in [0.05, 0.1) is 0 Å². The van der Waals surface area contributed by atoms with Gasteiger partial charge in [-0.1, -0.05) is 36.9 Å². The van der Waals surface area contributed by atoms with E-state index in [1.165, 1.54) is 24.3 Å². The Balaban J connectivity index is 2.13. The van der Waals surface area contributed by atoms with E-state index in [4.69, 9.17) is 4.74 Å². The van der Waals surface area contributed by atoms with Crippen LogP contribution >= 0.6 is 0 Å². The fraction of sp³-hybridized carbons (Fsp3) is 0.0588. The standard InChI is InChI=1S/C17H14O4/c1-2-15(18)21-14-10-8-13(9-11-14)17(20)16(19)12-6-4-3-5-7-12/h2-11,16,19H,1H2. The van der Waals surface area contributed by atoms with E-state index in [2.05, 4.69) is 6.58 Å². The van der Waals surface area contributed by atoms with E-state index in [0.29, 0.717) is 16.9 Å². The van der Waals surface area contributed by atoms with Crippen LogP contribution in [0.5, 0.6) is 5.75 Å². The number of aliphatic hydroxyl groups is 1. The van der Waals surface area contributed by atoms with Gasteiger partial charge in [-0.3, -0.25) is 4.79 Å². The molecule has 0 heterocycles. The summed E-state index contributed by atoms with van der Waals surface area (Å²) in [7, 11) is 0. The van der Waals surface area contributed by atoms with Gasteiger partial charge in [0.2, 0.25) is 0 Å². The number of hydrogen-bond donors (Lipinski definition) is 1. The van der Waals surface area contributed by atoms with Crippen molar-refractivity contribution < 1.29 is 19.4 Å². The Labute approximate surface area is 122 Å². The molecule has 0 bridgehead atoms. The average Bonchev–Trinajstić information content (AvgIpc) is 2.55. The number of aliphatic hydroxyl groups excluding tert-OH is 1. The zero-order valence-electron chi connectivity index (χ0n) is 11.2. The van der Waals surface area contributed by atoms with E-state index in [1.807, 2.05) is 6.07 Å². The van der Waals surface area contributed by atoms with Crippen LogP contribution in [0.4, 0.5) is 0 Å². The zero-order chi connectivity index (χ0) is 15.2. The van der Waals surface area contributed by atoms with E-state index in [9.17, 15) is 14.7 Å². The maximum atomic E-state index is 12.2. The predicted molar refractivity (Wildman–Crippen MR) is 78.0 cm³/mol. The second-order valence-corrected chi connectivity index (χ2v) is 4.33. The third kappa shape index (κ3) is 3.64. The molecule has 4 nitrogen and oxygen atoms in total. The molecule has 4 heteroatoms. The normalized spacial score (nSPS) is 11.5. The highest BCUT2D eigenvalue weighted by Gasteiger charge is 2.18. The summed E-state index contributed by atoms with van der Waals surface area (Å²) < 4.78 is 4.91. The van der Waals surface area contributed by atoms with Gasteiger partial charge in [-0.15, -0.1) is 0 Å². The average molecular weight is 282 g/mol. The molecule has 0 saturated carbocycles. The Morgan fingerprint density at radius 1 is 1.05 bits per heavy atom. The van der Waals surface area contributed by atoms with Gasteiger partial charge < -0.3 is 9.84 Å². The van der Waals surface area contributed by atoms with Gasteiger partial charge in [0.15, 0.2) is 5.78 Å². The second-order valence-electron chi connectivity index (χ2n) is 4.33. The van der Waals surface area contributed by atoms with Crippen molar-refractivity contribution in [2.45, 2.75) is 6.10 Å². The molecule has 106 valence electrons. The van der Waals surface area contributed by atoms with Gasteiger partial charge >= 0.3 is 5.97 Å². The number of ketones is 1. The minimum atomic E-state index is -1.22. The molecule has 0 aliphatic carbocycles. The van der Waals surface area contributed by atoms with Crippen molar-refractivity contribution in [2.24, 2.45) is 0 Å². The largest absolute Gasteiger partial charge is 0.423 e. The molecule has 0 fully saturated rings. The minimum absolute atomic E-state index is 0.311. The second kappa shape index (κ2) is 6.63. The van der Waals surface area contributed by atoms with Crippen molar-refractivity contribution in [2.75, 3.05) is 0 Å². The molecule has 0 aliphatic heterocycles. The van der Waals surface area contributed by atoms with Crippen molar-refractivity contribution in [3.05, 3.63) is 78.4 Å². The van der Waals surface area contributed by atoms with Gasteiger partial charge in [-0.2, -0.15) is 0 Å². The zero-order valence-corrected chi connectivity index (χ0v) is 11.2. The van der Waals surface area contributed by atoms with Crippen LogP contribution in [-0.2, 0) is 4.79 Å². The molecule has 0 aliphatic rings. The molecule has 2 aromatic rings. The number of esters is 1. The highest BCUT2D eigenvalue weighted by atomic mass is 16.5. The molecular weight excluding hydrogens is 268 g/mol. The first kappa shape index (κ1) is 14.7. The molecule has 1 unspecified atom stereocenters. The van der Waals surface area contributed by atoms with Crippen LogP contribution in [0, 0.1) is 0 Å². The lowest BCUT2D eigenvalue weighted by Gasteiger charge is -2.10. The Hall–Kier alpha value is -2.72. The first-order chi connectivity index (χ1) is 10.1. The monoisotopic (exact) mass is 282 g/mol. The smallest absolute Gasteiger partial charge is 0.335 e. The van der Waals surface area contributed by atoms with Crippen molar-refractivity contribution in [3.63, 3.8) is 0 Å². The van der Waals surface area contributed by atoms with Crippen LogP contribution in [0.15, 0.2) is 67.3 Å². The summed E-state index contributed by atoms with van der Waals surface area (Å²) >= 11 is 0. The third-order valence-corrected chi connectivity index (χ3v) is 2.89. The molecule has 0 amide bonds. The Morgan fingerprint density at radius 2 is 1.67 bits per heavy atom. The van der Waals surface area contributed by atoms with Gasteiger partial charge in [-0.25, -0.2) is 4.79 Å². The summed E-state index contributed by atoms with van der Waals surface area (Å²) in [5.74, 6) is -0.674. The Morgan fingerprint density at radius 3 is 2.24 bits per heavy atom. The summed E-state index contributed by atoms with van der Waals surface area (Å²) in [5, 5.41) is 10.0. The lowest BCUT2D eigenvalue weighted by Crippen LogP contribution is -2.12. The molecule has 0 spiro atoms. The summed E-state index contributed by atoms with van der Waals surface area (Å²) in [6.45, 7) is 3.30. The Bertz CT molecular complexity index is 644. The molecule has 0 aromatic heterocycles. The van der Waals surface area contributed by atoms with Gasteiger partial charge in [0, 0.05) is 11.6 Å². The number of ether oxygens (including phenoxy) is 1. The highest BCUT2D eigenvalue weighted by Crippen LogP contribution is 2.20. The number of Topliss-reactive ketones (excluding diaryl/α,β-unsaturated/α-hetero) is 1. The first-order valence-electron chi connectivity index (χ1n) is 6.33. The highest BCUT2D eigenvalue weighted by molar-refractivity contribution is 6.00. The van der Waals surface area contributed by atoms with Crippen LogP contribution in [0.3, 0.4) is 0 Å². The third-order valence-electron chi connectivity index (χ3n) is 2.89.